The molecule has 0 amide bonds. The zero-order chi connectivity index (χ0) is 19.0. The number of ether oxygens (including phenoxy) is 1. The molecule has 1 aromatic carbocycles. The van der Waals surface area contributed by atoms with E-state index in [2.05, 4.69) is 18.6 Å². The third kappa shape index (κ3) is 6.39. The summed E-state index contributed by atoms with van der Waals surface area (Å²) in [7, 11) is -3.55. The Morgan fingerprint density at radius 2 is 1.88 bits per heavy atom. The fourth-order valence-corrected chi connectivity index (χ4v) is 4.36. The van der Waals surface area contributed by atoms with Gasteiger partial charge in [0.25, 0.3) is 0 Å². The highest BCUT2D eigenvalue weighted by molar-refractivity contribution is 7.89. The van der Waals surface area contributed by atoms with E-state index in [0.29, 0.717) is 37.7 Å². The molecule has 5 nitrogen and oxygen atoms in total. The Morgan fingerprint density at radius 1 is 1.15 bits per heavy atom. The van der Waals surface area contributed by atoms with Gasteiger partial charge in [0.1, 0.15) is 5.75 Å². The lowest BCUT2D eigenvalue weighted by Crippen LogP contribution is -2.26. The number of sulfonamides is 1. The van der Waals surface area contributed by atoms with E-state index in [1.165, 1.54) is 0 Å². The van der Waals surface area contributed by atoms with Gasteiger partial charge in [-0.2, -0.15) is 11.3 Å². The summed E-state index contributed by atoms with van der Waals surface area (Å²) in [6.07, 6.45) is 1.27. The number of benzene rings is 1. The molecule has 2 N–H and O–H groups in total. The maximum atomic E-state index is 12.4. The van der Waals surface area contributed by atoms with Crippen LogP contribution in [0.1, 0.15) is 38.2 Å². The Morgan fingerprint density at radius 3 is 2.46 bits per heavy atom. The summed E-state index contributed by atoms with van der Waals surface area (Å²) in [5.74, 6) is 1.23. The van der Waals surface area contributed by atoms with Gasteiger partial charge in [-0.1, -0.05) is 13.8 Å². The molecule has 0 spiro atoms. The number of hydrogen-bond acceptors (Lipinski definition) is 5. The van der Waals surface area contributed by atoms with Crippen LogP contribution in [-0.4, -0.2) is 33.3 Å². The second kappa shape index (κ2) is 10.1. The molecule has 2 aromatic rings. The highest BCUT2D eigenvalue weighted by Gasteiger charge is 2.16. The third-order valence-corrected chi connectivity index (χ3v) is 6.17. The van der Waals surface area contributed by atoms with Crippen molar-refractivity contribution >= 4 is 21.4 Å². The monoisotopic (exact) mass is 397 g/mol. The second-order valence-corrected chi connectivity index (χ2v) is 9.18. The lowest BCUT2D eigenvalue weighted by atomic mass is 9.95. The summed E-state index contributed by atoms with van der Waals surface area (Å²) in [5.41, 5.74) is 1.15. The van der Waals surface area contributed by atoms with Crippen molar-refractivity contribution < 1.29 is 18.3 Å². The molecule has 0 aliphatic carbocycles. The molecule has 0 radical (unpaired) electrons. The molecular formula is C19H27NO4S2. The second-order valence-electron chi connectivity index (χ2n) is 6.63. The molecule has 1 heterocycles. The quantitative estimate of drug-likeness (QED) is 0.607. The van der Waals surface area contributed by atoms with Crippen molar-refractivity contribution in [3.05, 3.63) is 46.7 Å². The summed E-state index contributed by atoms with van der Waals surface area (Å²) in [4.78, 5) is 0.226. The standard InChI is InChI=1S/C19H27NO4S2/c1-15(2)13-24-18-3-5-19(6-4-18)26(22,23)20-10-7-16(8-11-21)17-9-12-25-14-17/h3-6,9,12,14-16,20-21H,7-8,10-11,13H2,1-2H3. The Kier molecular flexibility index (Phi) is 8.09. The smallest absolute Gasteiger partial charge is 0.240 e. The summed E-state index contributed by atoms with van der Waals surface area (Å²) in [6.45, 7) is 5.13. The molecular weight excluding hydrogens is 370 g/mol. The van der Waals surface area contributed by atoms with Gasteiger partial charge in [0, 0.05) is 13.2 Å². The van der Waals surface area contributed by atoms with Gasteiger partial charge in [-0.05, 0) is 71.3 Å². The van der Waals surface area contributed by atoms with Crippen LogP contribution in [-0.2, 0) is 10.0 Å². The van der Waals surface area contributed by atoms with Crippen LogP contribution in [0.5, 0.6) is 5.75 Å². The molecule has 0 bridgehead atoms. The molecule has 0 aliphatic rings. The van der Waals surface area contributed by atoms with E-state index >= 15 is 0 Å². The number of thiophene rings is 1. The van der Waals surface area contributed by atoms with Gasteiger partial charge in [0.15, 0.2) is 0 Å². The van der Waals surface area contributed by atoms with E-state index in [4.69, 9.17) is 4.74 Å². The van der Waals surface area contributed by atoms with Crippen LogP contribution in [0.25, 0.3) is 0 Å². The highest BCUT2D eigenvalue weighted by Crippen LogP contribution is 2.25. The van der Waals surface area contributed by atoms with Crippen molar-refractivity contribution in [3.8, 4) is 5.75 Å². The first kappa shape index (κ1) is 20.9. The molecule has 1 aromatic heterocycles. The molecule has 26 heavy (non-hydrogen) atoms. The summed E-state index contributed by atoms with van der Waals surface area (Å²) < 4.78 is 33.1. The summed E-state index contributed by atoms with van der Waals surface area (Å²) in [6, 6.07) is 8.49. The van der Waals surface area contributed by atoms with Gasteiger partial charge in [-0.25, -0.2) is 13.1 Å². The lowest BCUT2D eigenvalue weighted by Gasteiger charge is -2.15. The molecule has 0 aliphatic heterocycles. The molecule has 7 heteroatoms. The average molecular weight is 398 g/mol. The fraction of sp³-hybridized carbons (Fsp3) is 0.474. The average Bonchev–Trinajstić information content (AvgIpc) is 3.14. The number of aliphatic hydroxyl groups is 1. The van der Waals surface area contributed by atoms with E-state index in [0.717, 1.165) is 5.56 Å². The lowest BCUT2D eigenvalue weighted by molar-refractivity contribution is 0.271. The van der Waals surface area contributed by atoms with Gasteiger partial charge in [0.05, 0.1) is 11.5 Å². The third-order valence-electron chi connectivity index (χ3n) is 3.99. The van der Waals surface area contributed by atoms with Gasteiger partial charge in [0.2, 0.25) is 10.0 Å². The first-order chi connectivity index (χ1) is 12.4. The summed E-state index contributed by atoms with van der Waals surface area (Å²) >= 11 is 1.60. The Labute approximate surface area is 160 Å². The number of hydrogen-bond donors (Lipinski definition) is 2. The van der Waals surface area contributed by atoms with Crippen molar-refractivity contribution in [1.29, 1.82) is 0 Å². The zero-order valence-corrected chi connectivity index (χ0v) is 16.9. The molecule has 144 valence electrons. The van der Waals surface area contributed by atoms with Crippen LogP contribution < -0.4 is 9.46 Å². The van der Waals surface area contributed by atoms with Crippen molar-refractivity contribution in [2.24, 2.45) is 5.92 Å². The minimum absolute atomic E-state index is 0.0884. The first-order valence-corrected chi connectivity index (χ1v) is 11.2. The van der Waals surface area contributed by atoms with Gasteiger partial charge in [-0.3, -0.25) is 0 Å². The maximum absolute atomic E-state index is 12.4. The number of rotatable bonds is 11. The van der Waals surface area contributed by atoms with Gasteiger partial charge in [-0.15, -0.1) is 0 Å². The molecule has 0 saturated heterocycles. The van der Waals surface area contributed by atoms with E-state index in [1.807, 2.05) is 16.8 Å². The highest BCUT2D eigenvalue weighted by atomic mass is 32.2. The van der Waals surface area contributed by atoms with Crippen LogP contribution in [0.4, 0.5) is 0 Å². The molecule has 0 fully saturated rings. The van der Waals surface area contributed by atoms with Gasteiger partial charge < -0.3 is 9.84 Å². The molecule has 1 unspecified atom stereocenters. The molecule has 2 rings (SSSR count). The Balaban J connectivity index is 1.91. The fourth-order valence-electron chi connectivity index (χ4n) is 2.57. The van der Waals surface area contributed by atoms with Crippen molar-refractivity contribution in [1.82, 2.24) is 4.72 Å². The predicted molar refractivity (Wildman–Crippen MR) is 105 cm³/mol. The van der Waals surface area contributed by atoms with Crippen molar-refractivity contribution in [2.75, 3.05) is 19.8 Å². The van der Waals surface area contributed by atoms with Crippen LogP contribution >= 0.6 is 11.3 Å². The van der Waals surface area contributed by atoms with E-state index in [9.17, 15) is 13.5 Å². The minimum atomic E-state index is -3.55. The van der Waals surface area contributed by atoms with E-state index in [-0.39, 0.29) is 17.4 Å². The Bertz CT molecular complexity index is 740. The van der Waals surface area contributed by atoms with Crippen molar-refractivity contribution in [3.63, 3.8) is 0 Å². The van der Waals surface area contributed by atoms with Crippen LogP contribution in [0.15, 0.2) is 46.0 Å². The van der Waals surface area contributed by atoms with Crippen LogP contribution in [0.2, 0.25) is 0 Å². The molecule has 1 atom stereocenters. The van der Waals surface area contributed by atoms with Crippen LogP contribution in [0.3, 0.4) is 0 Å². The largest absolute Gasteiger partial charge is 0.493 e. The predicted octanol–water partition coefficient (Wildman–Crippen LogP) is 3.62. The number of aliphatic hydroxyl groups excluding tert-OH is 1. The number of nitrogens with one attached hydrogen (secondary N) is 1. The van der Waals surface area contributed by atoms with Gasteiger partial charge >= 0.3 is 0 Å². The zero-order valence-electron chi connectivity index (χ0n) is 15.2. The van der Waals surface area contributed by atoms with Crippen molar-refractivity contribution in [2.45, 2.75) is 37.5 Å². The SMILES string of the molecule is CC(C)COc1ccc(S(=O)(=O)NCCC(CCO)c2ccsc2)cc1. The maximum Gasteiger partial charge on any atom is 0.240 e. The summed E-state index contributed by atoms with van der Waals surface area (Å²) in [5, 5.41) is 13.3. The van der Waals surface area contributed by atoms with E-state index < -0.39 is 10.0 Å². The minimum Gasteiger partial charge on any atom is -0.493 e. The normalized spacial score (nSPS) is 13.1. The topological polar surface area (TPSA) is 75.6 Å². The molecule has 0 saturated carbocycles. The van der Waals surface area contributed by atoms with Crippen LogP contribution in [0, 0.1) is 5.92 Å². The Hall–Kier alpha value is -1.41. The first-order valence-electron chi connectivity index (χ1n) is 8.78. The van der Waals surface area contributed by atoms with E-state index in [1.54, 1.807) is 35.6 Å².